The van der Waals surface area contributed by atoms with Gasteiger partial charge in [-0.2, -0.15) is 30.7 Å². The lowest BCUT2D eigenvalue weighted by Crippen LogP contribution is -2.51. The van der Waals surface area contributed by atoms with Crippen LogP contribution in [-0.4, -0.2) is 23.8 Å². The Labute approximate surface area is 80.9 Å². The number of hydrogen-bond donors (Lipinski definition) is 0. The van der Waals surface area contributed by atoms with E-state index in [1.807, 2.05) is 0 Å². The van der Waals surface area contributed by atoms with Crippen molar-refractivity contribution in [3.63, 3.8) is 0 Å². The van der Waals surface area contributed by atoms with Gasteiger partial charge in [0.15, 0.2) is 0 Å². The van der Waals surface area contributed by atoms with Crippen LogP contribution >= 0.6 is 12.6 Å². The topological polar surface area (TPSA) is 0 Å². The van der Waals surface area contributed by atoms with Gasteiger partial charge in [0.05, 0.1) is 0 Å². The molecule has 0 bridgehead atoms. The highest BCUT2D eigenvalue weighted by Crippen LogP contribution is 2.48. The van der Waals surface area contributed by atoms with Crippen LogP contribution in [0.3, 0.4) is 0 Å². The summed E-state index contributed by atoms with van der Waals surface area (Å²) in [7, 11) is 0. The van der Waals surface area contributed by atoms with Crippen LogP contribution in [0.1, 0.15) is 12.8 Å². The van der Waals surface area contributed by atoms with Crippen molar-refractivity contribution in [2.45, 2.75) is 30.9 Å². The van der Waals surface area contributed by atoms with Crippen molar-refractivity contribution in [1.29, 1.82) is 0 Å². The van der Waals surface area contributed by atoms with Gasteiger partial charge in [0, 0.05) is 12.2 Å². The van der Waals surface area contributed by atoms with E-state index in [-0.39, 0.29) is 5.75 Å². The zero-order valence-electron chi connectivity index (χ0n) is 6.68. The van der Waals surface area contributed by atoms with Gasteiger partial charge in [0.2, 0.25) is 0 Å². The summed E-state index contributed by atoms with van der Waals surface area (Å²) in [5, 5.41) is 0. The zero-order valence-corrected chi connectivity index (χ0v) is 7.49. The fraction of sp³-hybridized carbons (Fsp3) is 1.00. The Morgan fingerprint density at radius 1 is 0.857 bits per heavy atom. The van der Waals surface area contributed by atoms with Crippen molar-refractivity contribution in [3.05, 3.63) is 0 Å². The van der Waals surface area contributed by atoms with Gasteiger partial charge in [0.25, 0.3) is 0 Å². The molecule has 0 fully saturated rings. The minimum Gasteiger partial charge on any atom is -0.200 e. The zero-order chi connectivity index (χ0) is 11.6. The van der Waals surface area contributed by atoms with Crippen molar-refractivity contribution in [2.75, 3.05) is 5.75 Å². The lowest BCUT2D eigenvalue weighted by Gasteiger charge is -2.27. The molecule has 14 heavy (non-hydrogen) atoms. The molecule has 0 N–H and O–H groups in total. The molecule has 0 aliphatic rings. The van der Waals surface area contributed by atoms with E-state index in [0.717, 1.165) is 0 Å². The Morgan fingerprint density at radius 3 is 1.57 bits per heavy atom. The summed E-state index contributed by atoms with van der Waals surface area (Å²) >= 11 is 4.18. The van der Waals surface area contributed by atoms with E-state index in [2.05, 4.69) is 12.6 Å². The van der Waals surface area contributed by atoms with Crippen LogP contribution in [0.5, 0.6) is 0 Å². The van der Waals surface area contributed by atoms with Crippen LogP contribution in [0, 0.1) is 0 Å². The molecule has 85 valence electrons. The minimum absolute atomic E-state index is 0.288. The molecule has 0 saturated heterocycles. The average molecular weight is 243 g/mol. The van der Waals surface area contributed by atoms with E-state index in [1.165, 1.54) is 0 Å². The Balaban J connectivity index is 4.69. The monoisotopic (exact) mass is 243 g/mol. The predicted molar refractivity (Wildman–Crippen MR) is 37.6 cm³/mol. The first-order chi connectivity index (χ1) is 6.06. The molecule has 0 atom stereocenters. The van der Waals surface area contributed by atoms with Crippen molar-refractivity contribution in [3.8, 4) is 0 Å². The standard InChI is InChI=1S/C6H6F7S/c7-4(8,2-1-3-14)5(9,10)6(11,12)13/h1-3H2. The third-order valence-corrected chi connectivity index (χ3v) is 1.74. The minimum atomic E-state index is -6.24. The summed E-state index contributed by atoms with van der Waals surface area (Å²) in [6, 6.07) is 0. The van der Waals surface area contributed by atoms with Gasteiger partial charge in [-0.25, -0.2) is 0 Å². The second-order valence-electron chi connectivity index (χ2n) is 2.58. The van der Waals surface area contributed by atoms with E-state index in [4.69, 9.17) is 0 Å². The average Bonchev–Trinajstić information content (AvgIpc) is 1.98. The highest BCUT2D eigenvalue weighted by atomic mass is 32.1. The largest absolute Gasteiger partial charge is 0.459 e. The molecular formula is C6H6F7S. The van der Waals surface area contributed by atoms with Gasteiger partial charge in [-0.1, -0.05) is 12.6 Å². The molecule has 0 aromatic heterocycles. The second-order valence-corrected chi connectivity index (χ2v) is 2.99. The molecule has 0 nitrogen and oxygen atoms in total. The van der Waals surface area contributed by atoms with Crippen molar-refractivity contribution >= 4 is 12.6 Å². The first-order valence-electron chi connectivity index (χ1n) is 3.47. The second kappa shape index (κ2) is 4.16. The molecular weight excluding hydrogens is 237 g/mol. The normalized spacial score (nSPS) is 14.6. The van der Waals surface area contributed by atoms with E-state index in [0.29, 0.717) is 0 Å². The van der Waals surface area contributed by atoms with Crippen LogP contribution in [-0.2, 0) is 0 Å². The molecule has 0 amide bonds. The van der Waals surface area contributed by atoms with E-state index >= 15 is 0 Å². The van der Waals surface area contributed by atoms with Crippen LogP contribution < -0.4 is 0 Å². The Morgan fingerprint density at radius 2 is 1.29 bits per heavy atom. The highest BCUT2D eigenvalue weighted by molar-refractivity contribution is 7.80. The quantitative estimate of drug-likeness (QED) is 0.659. The van der Waals surface area contributed by atoms with Gasteiger partial charge in [0.1, 0.15) is 0 Å². The molecule has 0 aromatic carbocycles. The third-order valence-electron chi connectivity index (χ3n) is 1.45. The smallest absolute Gasteiger partial charge is 0.200 e. The number of halogens is 7. The Bertz CT molecular complexity index is 185. The van der Waals surface area contributed by atoms with E-state index in [1.54, 1.807) is 0 Å². The van der Waals surface area contributed by atoms with Crippen LogP contribution in [0.15, 0.2) is 0 Å². The lowest BCUT2D eigenvalue weighted by molar-refractivity contribution is -0.355. The summed E-state index contributed by atoms with van der Waals surface area (Å²) < 4.78 is 83.5. The number of rotatable bonds is 4. The van der Waals surface area contributed by atoms with Crippen molar-refractivity contribution in [1.82, 2.24) is 0 Å². The van der Waals surface area contributed by atoms with Crippen LogP contribution in [0.25, 0.3) is 0 Å². The van der Waals surface area contributed by atoms with Gasteiger partial charge >= 0.3 is 18.0 Å². The molecule has 0 aromatic rings. The maximum atomic E-state index is 12.4. The van der Waals surface area contributed by atoms with Gasteiger partial charge in [-0.15, -0.1) is 0 Å². The molecule has 8 heteroatoms. The van der Waals surface area contributed by atoms with Crippen molar-refractivity contribution in [2.24, 2.45) is 0 Å². The number of alkyl halides is 7. The molecule has 0 saturated carbocycles. The first-order valence-corrected chi connectivity index (χ1v) is 4.04. The predicted octanol–water partition coefficient (Wildman–Crippen LogP) is 3.80. The Kier molecular flexibility index (Phi) is 4.12. The Hall–Kier alpha value is -0.140. The molecule has 0 rings (SSSR count). The first kappa shape index (κ1) is 13.9. The van der Waals surface area contributed by atoms with Crippen LogP contribution in [0.2, 0.25) is 0 Å². The van der Waals surface area contributed by atoms with E-state index in [9.17, 15) is 30.7 Å². The summed E-state index contributed by atoms with van der Waals surface area (Å²) in [4.78, 5) is 0. The van der Waals surface area contributed by atoms with Crippen LogP contribution in [0.4, 0.5) is 30.7 Å². The highest BCUT2D eigenvalue weighted by Gasteiger charge is 2.72. The summed E-state index contributed by atoms with van der Waals surface area (Å²) in [5.74, 6) is -11.4. The third kappa shape index (κ3) is 2.68. The van der Waals surface area contributed by atoms with Gasteiger partial charge < -0.3 is 0 Å². The SMILES string of the molecule is FC(F)(F)C(F)(F)C(F)(F)CCC[S]. The molecule has 0 aliphatic heterocycles. The fourth-order valence-electron chi connectivity index (χ4n) is 0.659. The fourth-order valence-corrected chi connectivity index (χ4v) is 0.803. The molecule has 0 unspecified atom stereocenters. The number of hydrogen-bond acceptors (Lipinski definition) is 0. The van der Waals surface area contributed by atoms with E-state index < -0.39 is 30.9 Å². The molecule has 1 radical (unpaired) electrons. The summed E-state index contributed by atoms with van der Waals surface area (Å²) in [6.07, 6.45) is -8.37. The summed E-state index contributed by atoms with van der Waals surface area (Å²) in [5.41, 5.74) is 0. The maximum absolute atomic E-state index is 12.4. The molecule has 0 spiro atoms. The van der Waals surface area contributed by atoms with Gasteiger partial charge in [-0.05, 0) is 6.42 Å². The molecule has 0 heterocycles. The molecule has 0 aliphatic carbocycles. The summed E-state index contributed by atoms with van der Waals surface area (Å²) in [6.45, 7) is 0. The van der Waals surface area contributed by atoms with Gasteiger partial charge in [-0.3, -0.25) is 0 Å². The maximum Gasteiger partial charge on any atom is 0.459 e. The lowest BCUT2D eigenvalue weighted by atomic mass is 10.1. The van der Waals surface area contributed by atoms with Crippen molar-refractivity contribution < 1.29 is 30.7 Å².